The Balaban J connectivity index is 1.33. The second-order valence-electron chi connectivity index (χ2n) is 7.77. The molecule has 7 nitrogen and oxygen atoms in total. The molecule has 1 aliphatic rings. The highest BCUT2D eigenvalue weighted by molar-refractivity contribution is 6.31. The minimum Gasteiger partial charge on any atom is -0.484 e. The second kappa shape index (κ2) is 8.59. The van der Waals surface area contributed by atoms with Gasteiger partial charge in [-0.05, 0) is 55.0 Å². The van der Waals surface area contributed by atoms with Crippen LogP contribution in [0.1, 0.15) is 30.3 Å². The van der Waals surface area contributed by atoms with E-state index in [2.05, 4.69) is 15.2 Å². The van der Waals surface area contributed by atoms with Gasteiger partial charge in [-0.15, -0.1) is 10.2 Å². The van der Waals surface area contributed by atoms with Gasteiger partial charge in [-0.2, -0.15) is 0 Å². The Bertz CT molecular complexity index is 1280. The zero-order valence-corrected chi connectivity index (χ0v) is 18.2. The third kappa shape index (κ3) is 3.91. The van der Waals surface area contributed by atoms with Gasteiger partial charge in [0, 0.05) is 23.2 Å². The van der Waals surface area contributed by atoms with Gasteiger partial charge in [-0.1, -0.05) is 35.9 Å². The predicted molar refractivity (Wildman–Crippen MR) is 120 cm³/mol. The molecule has 1 amide bonds. The van der Waals surface area contributed by atoms with Crippen molar-refractivity contribution in [3.05, 3.63) is 71.2 Å². The van der Waals surface area contributed by atoms with Crippen LogP contribution in [0.2, 0.25) is 5.02 Å². The molecule has 2 aromatic heterocycles. The molecule has 0 spiro atoms. The number of nitrogens with zero attached hydrogens (tertiary/aromatic N) is 4. The minimum atomic E-state index is -0.269. The standard InChI is InChI=1S/C24H21ClN4O3/c1-15-13-17(8-9-19(15)25)31-14-21(30)29-12-4-7-20(29)23-27-28-24(32-23)22-18-6-3-2-5-16(18)10-11-26-22/h2-3,5-6,8-11,13,20H,4,7,12,14H2,1H3/t20-/m0/s1. The normalized spacial score (nSPS) is 15.9. The van der Waals surface area contributed by atoms with Crippen LogP contribution in [0.5, 0.6) is 5.75 Å². The van der Waals surface area contributed by atoms with Crippen LogP contribution in [0.4, 0.5) is 0 Å². The number of aryl methyl sites for hydroxylation is 1. The fraction of sp³-hybridized carbons (Fsp3) is 0.250. The number of ether oxygens (including phenoxy) is 1. The van der Waals surface area contributed by atoms with Crippen LogP contribution in [-0.4, -0.2) is 39.1 Å². The van der Waals surface area contributed by atoms with Crippen molar-refractivity contribution in [2.45, 2.75) is 25.8 Å². The number of amides is 1. The highest BCUT2D eigenvalue weighted by Gasteiger charge is 2.34. The zero-order chi connectivity index (χ0) is 22.1. The summed E-state index contributed by atoms with van der Waals surface area (Å²) in [5.74, 6) is 1.26. The topological polar surface area (TPSA) is 81.4 Å². The average Bonchev–Trinajstić information content (AvgIpc) is 3.49. The first kappa shape index (κ1) is 20.5. The molecule has 3 heterocycles. The van der Waals surface area contributed by atoms with E-state index < -0.39 is 0 Å². The van der Waals surface area contributed by atoms with Crippen molar-refractivity contribution in [3.63, 3.8) is 0 Å². The van der Waals surface area contributed by atoms with Crippen LogP contribution in [0.3, 0.4) is 0 Å². The number of carbonyl (C=O) groups is 1. The number of benzene rings is 2. The van der Waals surface area contributed by atoms with E-state index in [9.17, 15) is 4.79 Å². The largest absolute Gasteiger partial charge is 0.484 e. The monoisotopic (exact) mass is 448 g/mol. The van der Waals surface area contributed by atoms with Crippen molar-refractivity contribution in [2.24, 2.45) is 0 Å². The van der Waals surface area contributed by atoms with Crippen LogP contribution < -0.4 is 4.74 Å². The lowest BCUT2D eigenvalue weighted by Gasteiger charge is -2.22. The number of halogens is 1. The van der Waals surface area contributed by atoms with Crippen LogP contribution in [0, 0.1) is 6.92 Å². The first-order valence-electron chi connectivity index (χ1n) is 10.5. The van der Waals surface area contributed by atoms with Gasteiger partial charge in [0.25, 0.3) is 11.8 Å². The molecule has 0 N–H and O–H groups in total. The van der Waals surface area contributed by atoms with Crippen molar-refractivity contribution in [2.75, 3.05) is 13.2 Å². The highest BCUT2D eigenvalue weighted by atomic mass is 35.5. The first-order chi connectivity index (χ1) is 15.6. The van der Waals surface area contributed by atoms with Crippen LogP contribution >= 0.6 is 11.6 Å². The smallest absolute Gasteiger partial charge is 0.267 e. The Morgan fingerprint density at radius 3 is 2.97 bits per heavy atom. The van der Waals surface area contributed by atoms with Gasteiger partial charge >= 0.3 is 0 Å². The summed E-state index contributed by atoms with van der Waals surface area (Å²) in [6, 6.07) is 14.9. The third-order valence-electron chi connectivity index (χ3n) is 5.67. The molecular formula is C24H21ClN4O3. The summed E-state index contributed by atoms with van der Waals surface area (Å²) in [7, 11) is 0. The Hall–Kier alpha value is -3.45. The molecule has 1 aliphatic heterocycles. The van der Waals surface area contributed by atoms with Crippen LogP contribution in [0.15, 0.2) is 59.1 Å². The fourth-order valence-corrected chi connectivity index (χ4v) is 4.13. The summed E-state index contributed by atoms with van der Waals surface area (Å²) in [5.41, 5.74) is 1.54. The van der Waals surface area contributed by atoms with E-state index in [0.717, 1.165) is 29.2 Å². The van der Waals surface area contributed by atoms with Gasteiger partial charge in [0.05, 0.1) is 0 Å². The number of fused-ring (bicyclic) bond motifs is 1. The van der Waals surface area contributed by atoms with Gasteiger partial charge in [0.2, 0.25) is 5.89 Å². The SMILES string of the molecule is Cc1cc(OCC(=O)N2CCC[C@H]2c2nnc(-c3nccc4ccccc34)o2)ccc1Cl. The van der Waals surface area contributed by atoms with Crippen LogP contribution in [-0.2, 0) is 4.79 Å². The van der Waals surface area contributed by atoms with E-state index in [1.165, 1.54) is 0 Å². The molecule has 5 rings (SSSR count). The molecule has 0 bridgehead atoms. The van der Waals surface area contributed by atoms with E-state index in [-0.39, 0.29) is 18.6 Å². The maximum Gasteiger partial charge on any atom is 0.267 e. The number of pyridine rings is 1. The molecule has 8 heteroatoms. The van der Waals surface area contributed by atoms with Crippen molar-refractivity contribution in [1.82, 2.24) is 20.1 Å². The number of aromatic nitrogens is 3. The van der Waals surface area contributed by atoms with Gasteiger partial charge in [-0.25, -0.2) is 0 Å². The Morgan fingerprint density at radius 2 is 2.09 bits per heavy atom. The molecule has 1 atom stereocenters. The highest BCUT2D eigenvalue weighted by Crippen LogP contribution is 2.34. The number of hydrogen-bond acceptors (Lipinski definition) is 6. The van der Waals surface area contributed by atoms with Crippen molar-refractivity contribution < 1.29 is 13.9 Å². The van der Waals surface area contributed by atoms with Crippen molar-refractivity contribution in [3.8, 4) is 17.3 Å². The molecule has 2 aromatic carbocycles. The average molecular weight is 449 g/mol. The predicted octanol–water partition coefficient (Wildman–Crippen LogP) is 4.99. The van der Waals surface area contributed by atoms with E-state index in [1.807, 2.05) is 43.3 Å². The van der Waals surface area contributed by atoms with E-state index >= 15 is 0 Å². The molecule has 0 aliphatic carbocycles. The molecular weight excluding hydrogens is 428 g/mol. The Kier molecular flexibility index (Phi) is 5.49. The molecule has 162 valence electrons. The lowest BCUT2D eigenvalue weighted by molar-refractivity contribution is -0.134. The lowest BCUT2D eigenvalue weighted by atomic mass is 10.1. The third-order valence-corrected chi connectivity index (χ3v) is 6.09. The summed E-state index contributed by atoms with van der Waals surface area (Å²) >= 11 is 6.05. The number of rotatable bonds is 5. The maximum atomic E-state index is 12.9. The van der Waals surface area contributed by atoms with Gasteiger partial charge in [0.15, 0.2) is 6.61 Å². The Labute approximate surface area is 190 Å². The summed E-state index contributed by atoms with van der Waals surface area (Å²) in [4.78, 5) is 19.1. The van der Waals surface area contributed by atoms with Crippen molar-refractivity contribution in [1.29, 1.82) is 0 Å². The second-order valence-corrected chi connectivity index (χ2v) is 8.18. The molecule has 0 saturated carbocycles. The van der Waals surface area contributed by atoms with E-state index in [0.29, 0.717) is 34.8 Å². The van der Waals surface area contributed by atoms with Gasteiger partial charge in [0.1, 0.15) is 17.5 Å². The maximum absolute atomic E-state index is 12.9. The van der Waals surface area contributed by atoms with Gasteiger partial charge in [-0.3, -0.25) is 9.78 Å². The summed E-state index contributed by atoms with van der Waals surface area (Å²) in [5, 5.41) is 11.1. The Morgan fingerprint density at radius 1 is 1.22 bits per heavy atom. The molecule has 1 fully saturated rings. The summed E-state index contributed by atoms with van der Waals surface area (Å²) in [6.45, 7) is 2.45. The van der Waals surface area contributed by atoms with E-state index in [1.54, 1.807) is 23.2 Å². The quantitative estimate of drug-likeness (QED) is 0.428. The van der Waals surface area contributed by atoms with Crippen molar-refractivity contribution >= 4 is 28.3 Å². The van der Waals surface area contributed by atoms with Gasteiger partial charge < -0.3 is 14.1 Å². The number of likely N-dealkylation sites (tertiary alicyclic amines) is 1. The fourth-order valence-electron chi connectivity index (χ4n) is 4.01. The number of hydrogen-bond donors (Lipinski definition) is 0. The number of carbonyl (C=O) groups excluding carboxylic acids is 1. The minimum absolute atomic E-state index is 0.0660. The molecule has 0 radical (unpaired) electrons. The lowest BCUT2D eigenvalue weighted by Crippen LogP contribution is -2.34. The zero-order valence-electron chi connectivity index (χ0n) is 17.5. The molecule has 32 heavy (non-hydrogen) atoms. The molecule has 1 saturated heterocycles. The first-order valence-corrected chi connectivity index (χ1v) is 10.8. The molecule has 0 unspecified atom stereocenters. The molecule has 4 aromatic rings. The summed E-state index contributed by atoms with van der Waals surface area (Å²) < 4.78 is 11.7. The van der Waals surface area contributed by atoms with E-state index in [4.69, 9.17) is 20.8 Å². The summed E-state index contributed by atoms with van der Waals surface area (Å²) in [6.07, 6.45) is 3.35. The van der Waals surface area contributed by atoms with Crippen LogP contribution in [0.25, 0.3) is 22.4 Å².